The number of nitrogens with one attached hydrogen (secondary N) is 1. The molecule has 1 heterocycles. The molecule has 1 N–H and O–H groups in total. The highest BCUT2D eigenvalue weighted by Crippen LogP contribution is 2.22. The maximum atomic E-state index is 12.2. The van der Waals surface area contributed by atoms with Gasteiger partial charge in [0.15, 0.2) is 5.69 Å². The normalized spacial score (nSPS) is 19.5. The van der Waals surface area contributed by atoms with Crippen molar-refractivity contribution in [2.75, 3.05) is 0 Å². The topological polar surface area (TPSA) is 61.6 Å². The van der Waals surface area contributed by atoms with Gasteiger partial charge in [0, 0.05) is 12.1 Å². The van der Waals surface area contributed by atoms with Gasteiger partial charge in [-0.2, -0.15) is 14.0 Å². The Morgan fingerprint density at radius 1 is 0.957 bits per heavy atom. The summed E-state index contributed by atoms with van der Waals surface area (Å²) in [5.74, 6) is -2.01. The molecule has 0 aliphatic heterocycles. The zero-order chi connectivity index (χ0) is 16.5. The largest absolute Gasteiger partial charge is 0.311 e. The molecule has 126 valence electrons. The van der Waals surface area contributed by atoms with Crippen molar-refractivity contribution < 1.29 is 8.78 Å². The highest BCUT2D eigenvalue weighted by Gasteiger charge is 2.19. The smallest absolute Gasteiger partial charge is 0.249 e. The van der Waals surface area contributed by atoms with Crippen molar-refractivity contribution in [3.63, 3.8) is 0 Å². The standard InChI is InChI=1S/C12H23N.C5HF2N3/c1-3-7-11(8-4-1)13-12-9-5-2-6-10-12;6-4-2-9-5(7)3(1-8)10-4/h11-13H,1-10H2;2H. The summed E-state index contributed by atoms with van der Waals surface area (Å²) < 4.78 is 24.2. The van der Waals surface area contributed by atoms with Crippen LogP contribution in [0.2, 0.25) is 0 Å². The van der Waals surface area contributed by atoms with Crippen LogP contribution >= 0.6 is 0 Å². The molecular weight excluding hydrogens is 298 g/mol. The molecule has 3 rings (SSSR count). The van der Waals surface area contributed by atoms with Gasteiger partial charge in [-0.05, 0) is 25.7 Å². The lowest BCUT2D eigenvalue weighted by Crippen LogP contribution is -2.40. The van der Waals surface area contributed by atoms with Gasteiger partial charge in [-0.1, -0.05) is 38.5 Å². The van der Waals surface area contributed by atoms with Crippen molar-refractivity contribution in [2.45, 2.75) is 76.3 Å². The second-order valence-corrected chi connectivity index (χ2v) is 6.28. The predicted octanol–water partition coefficient (Wildman–Crippen LogP) is 3.87. The number of halogens is 2. The fourth-order valence-electron chi connectivity index (χ4n) is 3.30. The zero-order valence-corrected chi connectivity index (χ0v) is 13.4. The van der Waals surface area contributed by atoms with Crippen LogP contribution in [0.15, 0.2) is 6.20 Å². The Morgan fingerprint density at radius 3 is 1.91 bits per heavy atom. The summed E-state index contributed by atoms with van der Waals surface area (Å²) >= 11 is 0. The molecule has 0 unspecified atom stereocenters. The lowest BCUT2D eigenvalue weighted by molar-refractivity contribution is 0.291. The van der Waals surface area contributed by atoms with E-state index in [1.807, 2.05) is 0 Å². The van der Waals surface area contributed by atoms with Gasteiger partial charge in [-0.25, -0.2) is 9.97 Å². The van der Waals surface area contributed by atoms with E-state index < -0.39 is 17.6 Å². The maximum absolute atomic E-state index is 12.2. The molecule has 0 bridgehead atoms. The van der Waals surface area contributed by atoms with Crippen molar-refractivity contribution in [1.82, 2.24) is 15.3 Å². The molecule has 4 nitrogen and oxygen atoms in total. The number of hydrogen-bond donors (Lipinski definition) is 1. The average Bonchev–Trinajstić information content (AvgIpc) is 2.59. The van der Waals surface area contributed by atoms with Crippen LogP contribution in [0.25, 0.3) is 0 Å². The van der Waals surface area contributed by atoms with E-state index in [0.29, 0.717) is 6.20 Å². The molecule has 2 aliphatic carbocycles. The van der Waals surface area contributed by atoms with Crippen molar-refractivity contribution in [3.8, 4) is 6.07 Å². The monoisotopic (exact) mass is 322 g/mol. The summed E-state index contributed by atoms with van der Waals surface area (Å²) in [6.45, 7) is 0. The molecule has 2 aliphatic rings. The molecule has 0 atom stereocenters. The Bertz CT molecular complexity index is 502. The summed E-state index contributed by atoms with van der Waals surface area (Å²) in [6.07, 6.45) is 15.2. The predicted molar refractivity (Wildman–Crippen MR) is 83.5 cm³/mol. The van der Waals surface area contributed by atoms with E-state index in [4.69, 9.17) is 5.26 Å². The molecule has 2 saturated carbocycles. The van der Waals surface area contributed by atoms with Crippen molar-refractivity contribution in [2.24, 2.45) is 0 Å². The Kier molecular flexibility index (Phi) is 7.34. The molecule has 0 radical (unpaired) electrons. The van der Waals surface area contributed by atoms with Gasteiger partial charge in [-0.3, -0.25) is 0 Å². The van der Waals surface area contributed by atoms with E-state index in [0.717, 1.165) is 12.1 Å². The fourth-order valence-corrected chi connectivity index (χ4v) is 3.30. The third-order valence-electron chi connectivity index (χ3n) is 4.49. The highest BCUT2D eigenvalue weighted by molar-refractivity contribution is 5.16. The van der Waals surface area contributed by atoms with E-state index >= 15 is 0 Å². The van der Waals surface area contributed by atoms with Crippen LogP contribution in [-0.2, 0) is 0 Å². The van der Waals surface area contributed by atoms with Gasteiger partial charge in [-0.15, -0.1) is 0 Å². The van der Waals surface area contributed by atoms with E-state index in [2.05, 4.69) is 15.3 Å². The first-order chi connectivity index (χ1) is 11.2. The lowest BCUT2D eigenvalue weighted by atomic mass is 9.91. The molecule has 0 spiro atoms. The number of nitriles is 1. The number of aromatic nitrogens is 2. The minimum Gasteiger partial charge on any atom is -0.311 e. The molecule has 0 aromatic carbocycles. The van der Waals surface area contributed by atoms with Gasteiger partial charge in [0.05, 0.1) is 6.20 Å². The van der Waals surface area contributed by atoms with Crippen molar-refractivity contribution in [3.05, 3.63) is 23.8 Å². The average molecular weight is 322 g/mol. The Labute approximate surface area is 136 Å². The summed E-state index contributed by atoms with van der Waals surface area (Å²) in [5, 5.41) is 11.9. The van der Waals surface area contributed by atoms with E-state index in [9.17, 15) is 8.78 Å². The molecule has 2 fully saturated rings. The molecule has 23 heavy (non-hydrogen) atoms. The SMILES string of the molecule is C1CCC(NC2CCCCC2)CC1.N#Cc1nc(F)cnc1F. The van der Waals surface area contributed by atoms with Crippen LogP contribution in [0.3, 0.4) is 0 Å². The molecular formula is C17H24F2N4. The summed E-state index contributed by atoms with van der Waals surface area (Å²) in [4.78, 5) is 5.85. The first kappa shape index (κ1) is 17.7. The van der Waals surface area contributed by atoms with E-state index in [1.165, 1.54) is 70.3 Å². The fraction of sp³-hybridized carbons (Fsp3) is 0.706. The van der Waals surface area contributed by atoms with Crippen LogP contribution in [0.1, 0.15) is 69.9 Å². The molecule has 1 aromatic rings. The van der Waals surface area contributed by atoms with Crippen LogP contribution < -0.4 is 5.32 Å². The Balaban J connectivity index is 0.000000174. The number of rotatable bonds is 2. The first-order valence-corrected chi connectivity index (χ1v) is 8.53. The van der Waals surface area contributed by atoms with Gasteiger partial charge in [0.2, 0.25) is 11.9 Å². The molecule has 6 heteroatoms. The van der Waals surface area contributed by atoms with Crippen LogP contribution in [0.5, 0.6) is 0 Å². The number of hydrogen-bond acceptors (Lipinski definition) is 4. The molecule has 0 saturated heterocycles. The summed E-state index contributed by atoms with van der Waals surface area (Å²) in [6, 6.07) is 3.09. The van der Waals surface area contributed by atoms with Gasteiger partial charge in [0.1, 0.15) is 6.07 Å². The summed E-state index contributed by atoms with van der Waals surface area (Å²) in [7, 11) is 0. The lowest BCUT2D eigenvalue weighted by Gasteiger charge is -2.30. The van der Waals surface area contributed by atoms with Crippen molar-refractivity contribution >= 4 is 0 Å². The third kappa shape index (κ3) is 6.19. The molecule has 1 aromatic heterocycles. The van der Waals surface area contributed by atoms with Gasteiger partial charge < -0.3 is 5.32 Å². The number of nitrogens with zero attached hydrogens (tertiary/aromatic N) is 3. The Morgan fingerprint density at radius 2 is 1.48 bits per heavy atom. The van der Waals surface area contributed by atoms with Crippen LogP contribution in [0.4, 0.5) is 8.78 Å². The van der Waals surface area contributed by atoms with Crippen molar-refractivity contribution in [1.29, 1.82) is 5.26 Å². The molecule has 0 amide bonds. The maximum Gasteiger partial charge on any atom is 0.249 e. The van der Waals surface area contributed by atoms with Crippen LogP contribution in [0, 0.1) is 23.2 Å². The quantitative estimate of drug-likeness (QED) is 0.898. The minimum absolute atomic E-state index is 0.607. The van der Waals surface area contributed by atoms with Gasteiger partial charge >= 0.3 is 0 Å². The third-order valence-corrected chi connectivity index (χ3v) is 4.49. The zero-order valence-electron chi connectivity index (χ0n) is 13.4. The second-order valence-electron chi connectivity index (χ2n) is 6.28. The minimum atomic E-state index is -1.05. The van der Waals surface area contributed by atoms with E-state index in [-0.39, 0.29) is 0 Å². The van der Waals surface area contributed by atoms with Crippen LogP contribution in [-0.4, -0.2) is 22.1 Å². The van der Waals surface area contributed by atoms with E-state index in [1.54, 1.807) is 0 Å². The summed E-state index contributed by atoms with van der Waals surface area (Å²) in [5.41, 5.74) is -0.625. The van der Waals surface area contributed by atoms with Gasteiger partial charge in [0.25, 0.3) is 0 Å². The highest BCUT2D eigenvalue weighted by atomic mass is 19.1. The Hall–Kier alpha value is -1.61. The first-order valence-electron chi connectivity index (χ1n) is 8.53. The second kappa shape index (κ2) is 9.51.